The SMILES string of the molecule is Cc1ncsc1-c1cc(C(=O)N2CCC[C@@]3(C[C@@H](Oc4cccc(F)c4)CO3)C2)ccn1. The molecular weight excluding hydrogens is 429 g/mol. The van der Waals surface area contributed by atoms with Gasteiger partial charge in [-0.1, -0.05) is 6.07 Å². The second kappa shape index (κ2) is 8.60. The fourth-order valence-corrected chi connectivity index (χ4v) is 5.36. The molecule has 4 heterocycles. The van der Waals surface area contributed by atoms with Crippen LogP contribution < -0.4 is 4.74 Å². The molecule has 1 aromatic carbocycles. The average Bonchev–Trinajstić information content (AvgIpc) is 3.39. The van der Waals surface area contributed by atoms with Gasteiger partial charge >= 0.3 is 0 Å². The molecule has 0 unspecified atom stereocenters. The third kappa shape index (κ3) is 4.25. The van der Waals surface area contributed by atoms with Gasteiger partial charge < -0.3 is 14.4 Å². The summed E-state index contributed by atoms with van der Waals surface area (Å²) in [7, 11) is 0. The highest BCUT2D eigenvalue weighted by atomic mass is 32.1. The van der Waals surface area contributed by atoms with Crippen molar-refractivity contribution in [3.05, 3.63) is 65.2 Å². The first-order chi connectivity index (χ1) is 15.5. The lowest BCUT2D eigenvalue weighted by Gasteiger charge is -2.39. The highest BCUT2D eigenvalue weighted by Gasteiger charge is 2.45. The number of halogens is 1. The Labute approximate surface area is 190 Å². The monoisotopic (exact) mass is 453 g/mol. The molecule has 0 N–H and O–H groups in total. The van der Waals surface area contributed by atoms with E-state index in [9.17, 15) is 9.18 Å². The van der Waals surface area contributed by atoms with Crippen LogP contribution in [0.4, 0.5) is 4.39 Å². The smallest absolute Gasteiger partial charge is 0.254 e. The van der Waals surface area contributed by atoms with Crippen molar-refractivity contribution >= 4 is 17.2 Å². The van der Waals surface area contributed by atoms with E-state index in [0.29, 0.717) is 37.4 Å². The van der Waals surface area contributed by atoms with Gasteiger partial charge in [-0.15, -0.1) is 11.3 Å². The molecule has 2 aromatic heterocycles. The number of carbonyl (C=O) groups is 1. The summed E-state index contributed by atoms with van der Waals surface area (Å²) in [6, 6.07) is 9.76. The van der Waals surface area contributed by atoms with Crippen LogP contribution in [0.3, 0.4) is 0 Å². The molecule has 3 aromatic rings. The van der Waals surface area contributed by atoms with Gasteiger partial charge in [0, 0.05) is 30.8 Å². The summed E-state index contributed by atoms with van der Waals surface area (Å²) >= 11 is 1.52. The highest BCUT2D eigenvalue weighted by molar-refractivity contribution is 7.13. The summed E-state index contributed by atoms with van der Waals surface area (Å²) in [5, 5.41) is 0. The molecule has 32 heavy (non-hydrogen) atoms. The minimum absolute atomic E-state index is 0.0204. The summed E-state index contributed by atoms with van der Waals surface area (Å²) in [5.74, 6) is 0.158. The molecule has 2 saturated heterocycles. The van der Waals surface area contributed by atoms with E-state index >= 15 is 0 Å². The van der Waals surface area contributed by atoms with E-state index in [1.165, 1.54) is 23.5 Å². The topological polar surface area (TPSA) is 64.6 Å². The van der Waals surface area contributed by atoms with Crippen LogP contribution in [0, 0.1) is 12.7 Å². The predicted molar refractivity (Wildman–Crippen MR) is 119 cm³/mol. The number of aromatic nitrogens is 2. The number of amides is 1. The zero-order valence-corrected chi connectivity index (χ0v) is 18.6. The van der Waals surface area contributed by atoms with Crippen molar-refractivity contribution in [2.75, 3.05) is 19.7 Å². The first-order valence-corrected chi connectivity index (χ1v) is 11.6. The zero-order chi connectivity index (χ0) is 22.1. The molecule has 1 amide bonds. The number of likely N-dealkylation sites (tertiary alicyclic amines) is 1. The molecule has 2 aliphatic rings. The van der Waals surface area contributed by atoms with Gasteiger partial charge in [0.15, 0.2) is 0 Å². The molecule has 1 spiro atoms. The first kappa shape index (κ1) is 21.0. The Balaban J connectivity index is 1.28. The number of piperidine rings is 1. The number of thiazole rings is 1. The van der Waals surface area contributed by atoms with Crippen molar-refractivity contribution in [2.24, 2.45) is 0 Å². The molecule has 2 fully saturated rings. The molecule has 0 bridgehead atoms. The Morgan fingerprint density at radius 2 is 2.22 bits per heavy atom. The van der Waals surface area contributed by atoms with E-state index in [1.54, 1.807) is 29.9 Å². The molecular formula is C24H24FN3O3S. The maximum Gasteiger partial charge on any atom is 0.254 e. The van der Waals surface area contributed by atoms with Gasteiger partial charge in [-0.2, -0.15) is 0 Å². The van der Waals surface area contributed by atoms with E-state index in [1.807, 2.05) is 17.9 Å². The molecule has 2 aliphatic heterocycles. The first-order valence-electron chi connectivity index (χ1n) is 10.7. The standard InChI is InChI=1S/C24H24FN3O3S/c1-16-22(32-15-27-16)21-10-17(6-8-26-21)23(29)28-9-3-7-24(14-28)12-20(13-30-24)31-19-5-2-4-18(25)11-19/h2,4-6,8,10-11,15,20H,3,7,9,12-14H2,1H3/t20-,24-/m1/s1. The second-order valence-corrected chi connectivity index (χ2v) is 9.28. The van der Waals surface area contributed by atoms with E-state index in [2.05, 4.69) is 9.97 Å². The number of aryl methyl sites for hydroxylation is 1. The van der Waals surface area contributed by atoms with Crippen molar-refractivity contribution in [1.29, 1.82) is 0 Å². The molecule has 5 rings (SSSR count). The maximum absolute atomic E-state index is 13.5. The third-order valence-corrected chi connectivity index (χ3v) is 7.04. The van der Waals surface area contributed by atoms with Crippen molar-refractivity contribution in [3.63, 3.8) is 0 Å². The lowest BCUT2D eigenvalue weighted by molar-refractivity contribution is -0.0453. The summed E-state index contributed by atoms with van der Waals surface area (Å²) < 4.78 is 25.6. The van der Waals surface area contributed by atoms with Crippen LogP contribution in [0.1, 0.15) is 35.3 Å². The van der Waals surface area contributed by atoms with Crippen LogP contribution in [0.25, 0.3) is 10.6 Å². The molecule has 2 atom stereocenters. The largest absolute Gasteiger partial charge is 0.488 e. The Morgan fingerprint density at radius 3 is 3.03 bits per heavy atom. The van der Waals surface area contributed by atoms with Crippen LogP contribution in [0.5, 0.6) is 5.75 Å². The number of benzene rings is 1. The lowest BCUT2D eigenvalue weighted by Crippen LogP contribution is -2.50. The molecule has 0 saturated carbocycles. The van der Waals surface area contributed by atoms with E-state index in [0.717, 1.165) is 29.1 Å². The fraction of sp³-hybridized carbons (Fsp3) is 0.375. The van der Waals surface area contributed by atoms with Gasteiger partial charge in [0.2, 0.25) is 0 Å². The molecule has 166 valence electrons. The third-order valence-electron chi connectivity index (χ3n) is 6.09. The van der Waals surface area contributed by atoms with Crippen LogP contribution in [0.2, 0.25) is 0 Å². The van der Waals surface area contributed by atoms with Gasteiger partial charge in [0.1, 0.15) is 17.7 Å². The lowest BCUT2D eigenvalue weighted by atomic mass is 9.89. The van der Waals surface area contributed by atoms with Crippen molar-refractivity contribution < 1.29 is 18.7 Å². The number of carbonyl (C=O) groups excluding carboxylic acids is 1. The zero-order valence-electron chi connectivity index (χ0n) is 17.8. The van der Waals surface area contributed by atoms with Crippen LogP contribution >= 0.6 is 11.3 Å². The predicted octanol–water partition coefficient (Wildman–Crippen LogP) is 4.50. The number of hydrogen-bond acceptors (Lipinski definition) is 6. The van der Waals surface area contributed by atoms with Gasteiger partial charge in [0.05, 0.1) is 40.5 Å². The van der Waals surface area contributed by atoms with E-state index in [4.69, 9.17) is 9.47 Å². The Morgan fingerprint density at radius 1 is 1.31 bits per heavy atom. The van der Waals surface area contributed by atoms with Gasteiger partial charge in [-0.05, 0) is 44.0 Å². The van der Waals surface area contributed by atoms with E-state index < -0.39 is 5.60 Å². The Bertz CT molecular complexity index is 1140. The average molecular weight is 454 g/mol. The number of nitrogens with zero attached hydrogens (tertiary/aromatic N) is 3. The molecule has 0 aliphatic carbocycles. The fourth-order valence-electron chi connectivity index (χ4n) is 4.58. The molecule has 8 heteroatoms. The number of rotatable bonds is 4. The normalized spacial score (nSPS) is 22.9. The van der Waals surface area contributed by atoms with Gasteiger partial charge in [-0.25, -0.2) is 9.37 Å². The summed E-state index contributed by atoms with van der Waals surface area (Å²) in [6.07, 6.45) is 3.94. The van der Waals surface area contributed by atoms with Gasteiger partial charge in [-0.3, -0.25) is 9.78 Å². The van der Waals surface area contributed by atoms with Crippen molar-refractivity contribution in [2.45, 2.75) is 37.9 Å². The Kier molecular flexibility index (Phi) is 5.65. The summed E-state index contributed by atoms with van der Waals surface area (Å²) in [6.45, 7) is 3.58. The van der Waals surface area contributed by atoms with Crippen molar-refractivity contribution in [1.82, 2.24) is 14.9 Å². The summed E-state index contributed by atoms with van der Waals surface area (Å²) in [5.41, 5.74) is 3.66. The number of hydrogen-bond donors (Lipinski definition) is 0. The molecule has 6 nitrogen and oxygen atoms in total. The van der Waals surface area contributed by atoms with Gasteiger partial charge in [0.25, 0.3) is 5.91 Å². The van der Waals surface area contributed by atoms with Crippen LogP contribution in [-0.4, -0.2) is 52.2 Å². The minimum Gasteiger partial charge on any atom is -0.488 e. The van der Waals surface area contributed by atoms with Crippen molar-refractivity contribution in [3.8, 4) is 16.3 Å². The second-order valence-electron chi connectivity index (χ2n) is 8.42. The van der Waals surface area contributed by atoms with Crippen LogP contribution in [0.15, 0.2) is 48.1 Å². The number of pyridine rings is 1. The number of ether oxygens (including phenoxy) is 2. The highest BCUT2D eigenvalue weighted by Crippen LogP contribution is 2.37. The quantitative estimate of drug-likeness (QED) is 0.582. The minimum atomic E-state index is -0.421. The molecule has 0 radical (unpaired) electrons. The van der Waals surface area contributed by atoms with Crippen LogP contribution in [-0.2, 0) is 4.74 Å². The van der Waals surface area contributed by atoms with E-state index in [-0.39, 0.29) is 17.8 Å². The Hall–Kier alpha value is -2.84. The maximum atomic E-state index is 13.5. The summed E-state index contributed by atoms with van der Waals surface area (Å²) in [4.78, 5) is 24.9.